The molecule has 0 saturated carbocycles. The van der Waals surface area contributed by atoms with Crippen molar-refractivity contribution in [3.05, 3.63) is 40.9 Å². The van der Waals surface area contributed by atoms with Crippen LogP contribution in [-0.4, -0.2) is 33.2 Å². The number of hydrogen-bond acceptors (Lipinski definition) is 4. The maximum absolute atomic E-state index is 12.1. The molecule has 1 aromatic carbocycles. The van der Waals surface area contributed by atoms with E-state index in [4.69, 9.17) is 5.11 Å². The predicted molar refractivity (Wildman–Crippen MR) is 70.7 cm³/mol. The summed E-state index contributed by atoms with van der Waals surface area (Å²) in [6.45, 7) is 1.43. The van der Waals surface area contributed by atoms with Crippen LogP contribution < -0.4 is 10.9 Å². The first kappa shape index (κ1) is 13.2. The average molecular weight is 261 g/mol. The van der Waals surface area contributed by atoms with Gasteiger partial charge in [-0.2, -0.15) is 0 Å². The molecule has 6 nitrogen and oxygen atoms in total. The Morgan fingerprint density at radius 1 is 1.47 bits per heavy atom. The second-order valence-corrected chi connectivity index (χ2v) is 4.35. The fourth-order valence-corrected chi connectivity index (χ4v) is 1.74. The topological polar surface area (TPSA) is 84.2 Å². The Kier molecular flexibility index (Phi) is 3.91. The zero-order valence-electron chi connectivity index (χ0n) is 10.5. The van der Waals surface area contributed by atoms with Gasteiger partial charge in [-0.05, 0) is 19.1 Å². The normalized spacial score (nSPS) is 12.3. The van der Waals surface area contributed by atoms with Crippen LogP contribution in [0.4, 0.5) is 0 Å². The number of amides is 1. The van der Waals surface area contributed by atoms with E-state index in [1.807, 2.05) is 0 Å². The van der Waals surface area contributed by atoms with Crippen LogP contribution in [0.3, 0.4) is 0 Å². The highest BCUT2D eigenvalue weighted by Gasteiger charge is 2.09. The van der Waals surface area contributed by atoms with Crippen LogP contribution in [-0.2, 0) is 11.3 Å². The van der Waals surface area contributed by atoms with E-state index in [1.165, 1.54) is 10.9 Å². The minimum absolute atomic E-state index is 0.110. The van der Waals surface area contributed by atoms with Crippen LogP contribution in [0, 0.1) is 0 Å². The van der Waals surface area contributed by atoms with Gasteiger partial charge in [-0.25, -0.2) is 4.98 Å². The summed E-state index contributed by atoms with van der Waals surface area (Å²) in [7, 11) is 0. The lowest BCUT2D eigenvalue weighted by molar-refractivity contribution is -0.122. The third kappa shape index (κ3) is 2.97. The third-order valence-electron chi connectivity index (χ3n) is 2.73. The molecule has 0 saturated heterocycles. The van der Waals surface area contributed by atoms with E-state index < -0.39 is 0 Å². The van der Waals surface area contributed by atoms with Gasteiger partial charge in [0.1, 0.15) is 6.54 Å². The van der Waals surface area contributed by atoms with E-state index >= 15 is 0 Å². The van der Waals surface area contributed by atoms with Crippen molar-refractivity contribution in [2.75, 3.05) is 6.61 Å². The number of carbonyl (C=O) groups excluding carboxylic acids is 1. The highest BCUT2D eigenvalue weighted by molar-refractivity contribution is 5.78. The zero-order chi connectivity index (χ0) is 13.8. The maximum Gasteiger partial charge on any atom is 0.261 e. The molecule has 0 aliphatic rings. The van der Waals surface area contributed by atoms with Crippen LogP contribution in [0.2, 0.25) is 0 Å². The Morgan fingerprint density at radius 3 is 2.95 bits per heavy atom. The van der Waals surface area contributed by atoms with Gasteiger partial charge in [0.2, 0.25) is 5.91 Å². The molecule has 1 amide bonds. The number of aliphatic hydroxyl groups is 1. The predicted octanol–water partition coefficient (Wildman–Crippen LogP) is -0.107. The van der Waals surface area contributed by atoms with Crippen molar-refractivity contribution in [1.82, 2.24) is 14.9 Å². The number of aliphatic hydroxyl groups excluding tert-OH is 1. The van der Waals surface area contributed by atoms with Crippen LogP contribution >= 0.6 is 0 Å². The Hall–Kier alpha value is -2.21. The Labute approximate surface area is 109 Å². The van der Waals surface area contributed by atoms with Gasteiger partial charge in [-0.1, -0.05) is 12.1 Å². The summed E-state index contributed by atoms with van der Waals surface area (Å²) < 4.78 is 1.25. The quantitative estimate of drug-likeness (QED) is 0.804. The molecule has 0 aliphatic heterocycles. The standard InChI is InChI=1S/C13H15N3O3/c1-9(7-17)15-12(18)6-16-8-14-11-5-3-2-4-10(11)13(16)19/h2-5,8-9,17H,6-7H2,1H3,(H,15,18). The summed E-state index contributed by atoms with van der Waals surface area (Å²) in [5.41, 5.74) is 0.352. The van der Waals surface area contributed by atoms with Gasteiger partial charge in [0.05, 0.1) is 23.8 Å². The lowest BCUT2D eigenvalue weighted by Gasteiger charge is -2.11. The molecular weight excluding hydrogens is 246 g/mol. The molecular formula is C13H15N3O3. The van der Waals surface area contributed by atoms with E-state index in [0.29, 0.717) is 10.9 Å². The molecule has 2 rings (SSSR count). The van der Waals surface area contributed by atoms with E-state index in [-0.39, 0.29) is 30.7 Å². The van der Waals surface area contributed by atoms with E-state index in [9.17, 15) is 9.59 Å². The molecule has 0 radical (unpaired) electrons. The Morgan fingerprint density at radius 2 is 2.21 bits per heavy atom. The average Bonchev–Trinajstić information content (AvgIpc) is 2.42. The molecule has 0 fully saturated rings. The van der Waals surface area contributed by atoms with E-state index in [2.05, 4.69) is 10.3 Å². The smallest absolute Gasteiger partial charge is 0.261 e. The number of carbonyl (C=O) groups is 1. The van der Waals surface area contributed by atoms with Crippen molar-refractivity contribution >= 4 is 16.8 Å². The summed E-state index contributed by atoms with van der Waals surface area (Å²) >= 11 is 0. The van der Waals surface area contributed by atoms with Crippen LogP contribution in [0.15, 0.2) is 35.4 Å². The van der Waals surface area contributed by atoms with Crippen LogP contribution in [0.1, 0.15) is 6.92 Å². The van der Waals surface area contributed by atoms with Crippen molar-refractivity contribution < 1.29 is 9.90 Å². The second-order valence-electron chi connectivity index (χ2n) is 4.35. The van der Waals surface area contributed by atoms with Crippen molar-refractivity contribution in [2.45, 2.75) is 19.5 Å². The summed E-state index contributed by atoms with van der Waals surface area (Å²) in [6.07, 6.45) is 1.36. The molecule has 1 atom stereocenters. The maximum atomic E-state index is 12.1. The number of benzene rings is 1. The van der Waals surface area contributed by atoms with Crippen molar-refractivity contribution in [3.63, 3.8) is 0 Å². The fraction of sp³-hybridized carbons (Fsp3) is 0.308. The van der Waals surface area contributed by atoms with Crippen molar-refractivity contribution in [1.29, 1.82) is 0 Å². The van der Waals surface area contributed by atoms with Gasteiger partial charge in [0.15, 0.2) is 0 Å². The summed E-state index contributed by atoms with van der Waals surface area (Å²) in [5.74, 6) is -0.333. The Balaban J connectivity index is 2.24. The molecule has 19 heavy (non-hydrogen) atoms. The molecule has 2 aromatic rings. The molecule has 1 aromatic heterocycles. The summed E-state index contributed by atoms with van der Waals surface area (Å²) in [4.78, 5) is 27.9. The highest BCUT2D eigenvalue weighted by Crippen LogP contribution is 2.04. The Bertz CT molecular complexity index is 651. The van der Waals surface area contributed by atoms with Gasteiger partial charge >= 0.3 is 0 Å². The molecule has 2 N–H and O–H groups in total. The largest absolute Gasteiger partial charge is 0.394 e. The minimum Gasteiger partial charge on any atom is -0.394 e. The number of aromatic nitrogens is 2. The number of para-hydroxylation sites is 1. The number of rotatable bonds is 4. The van der Waals surface area contributed by atoms with Gasteiger partial charge in [-0.15, -0.1) is 0 Å². The number of nitrogens with zero attached hydrogens (tertiary/aromatic N) is 2. The monoisotopic (exact) mass is 261 g/mol. The molecule has 1 unspecified atom stereocenters. The summed E-state index contributed by atoms with van der Waals surface area (Å²) in [6, 6.07) is 6.64. The van der Waals surface area contributed by atoms with Crippen LogP contribution in [0.5, 0.6) is 0 Å². The van der Waals surface area contributed by atoms with Gasteiger partial charge in [0.25, 0.3) is 5.56 Å². The molecule has 0 aliphatic carbocycles. The van der Waals surface area contributed by atoms with Gasteiger partial charge in [-0.3, -0.25) is 14.2 Å². The first-order valence-corrected chi connectivity index (χ1v) is 5.96. The fourth-order valence-electron chi connectivity index (χ4n) is 1.74. The highest BCUT2D eigenvalue weighted by atomic mass is 16.3. The second kappa shape index (κ2) is 5.62. The van der Waals surface area contributed by atoms with E-state index in [1.54, 1.807) is 31.2 Å². The molecule has 0 spiro atoms. The van der Waals surface area contributed by atoms with Crippen molar-refractivity contribution in [3.8, 4) is 0 Å². The van der Waals surface area contributed by atoms with E-state index in [0.717, 1.165) is 0 Å². The molecule has 0 bridgehead atoms. The lowest BCUT2D eigenvalue weighted by atomic mass is 10.2. The minimum atomic E-state index is -0.336. The zero-order valence-corrected chi connectivity index (χ0v) is 10.5. The first-order valence-electron chi connectivity index (χ1n) is 5.96. The lowest BCUT2D eigenvalue weighted by Crippen LogP contribution is -2.39. The van der Waals surface area contributed by atoms with Crippen LogP contribution in [0.25, 0.3) is 10.9 Å². The molecule has 100 valence electrons. The first-order chi connectivity index (χ1) is 9.11. The number of fused-ring (bicyclic) bond motifs is 1. The van der Waals surface area contributed by atoms with Gasteiger partial charge < -0.3 is 10.4 Å². The van der Waals surface area contributed by atoms with Crippen molar-refractivity contribution in [2.24, 2.45) is 0 Å². The number of hydrogen-bond donors (Lipinski definition) is 2. The molecule has 6 heteroatoms. The summed E-state index contributed by atoms with van der Waals surface area (Å²) in [5, 5.41) is 11.9. The SMILES string of the molecule is CC(CO)NC(=O)Cn1cnc2ccccc2c1=O. The van der Waals surface area contributed by atoms with Gasteiger partial charge in [0, 0.05) is 6.04 Å². The number of nitrogens with one attached hydrogen (secondary N) is 1. The molecule has 1 heterocycles. The third-order valence-corrected chi connectivity index (χ3v) is 2.73.